The van der Waals surface area contributed by atoms with E-state index in [1.165, 1.54) is 128 Å². The second-order valence-electron chi connectivity index (χ2n) is 19.9. The number of carbonyl (C=O) groups is 3. The molecular formula is C65H112O6. The molecule has 1 atom stereocenters. The zero-order valence-corrected chi connectivity index (χ0v) is 46.7. The van der Waals surface area contributed by atoms with E-state index in [2.05, 4.69) is 106 Å². The summed E-state index contributed by atoms with van der Waals surface area (Å²) in [6.07, 6.45) is 77.2. The Morgan fingerprint density at radius 3 is 0.901 bits per heavy atom. The van der Waals surface area contributed by atoms with Crippen molar-refractivity contribution in [1.29, 1.82) is 0 Å². The molecule has 0 aliphatic rings. The zero-order valence-electron chi connectivity index (χ0n) is 46.7. The second kappa shape index (κ2) is 59.2. The fraction of sp³-hybridized carbons (Fsp3) is 0.738. The van der Waals surface area contributed by atoms with Gasteiger partial charge in [-0.25, -0.2) is 0 Å². The molecule has 0 aliphatic heterocycles. The smallest absolute Gasteiger partial charge is 0.306 e. The summed E-state index contributed by atoms with van der Waals surface area (Å²) in [6, 6.07) is 0. The molecule has 0 radical (unpaired) electrons. The lowest BCUT2D eigenvalue weighted by molar-refractivity contribution is -0.167. The third kappa shape index (κ3) is 57.4. The van der Waals surface area contributed by atoms with E-state index in [0.717, 1.165) is 122 Å². The summed E-state index contributed by atoms with van der Waals surface area (Å²) >= 11 is 0. The zero-order chi connectivity index (χ0) is 51.4. The van der Waals surface area contributed by atoms with E-state index in [1.54, 1.807) is 0 Å². The van der Waals surface area contributed by atoms with Crippen LogP contribution < -0.4 is 0 Å². The molecule has 0 unspecified atom stereocenters. The van der Waals surface area contributed by atoms with Gasteiger partial charge in [0, 0.05) is 19.3 Å². The van der Waals surface area contributed by atoms with Crippen LogP contribution in [0.2, 0.25) is 0 Å². The molecule has 0 heterocycles. The van der Waals surface area contributed by atoms with Gasteiger partial charge in [0.1, 0.15) is 13.2 Å². The minimum atomic E-state index is -0.797. The van der Waals surface area contributed by atoms with Crippen LogP contribution in [0.5, 0.6) is 0 Å². The van der Waals surface area contributed by atoms with Crippen molar-refractivity contribution >= 4 is 17.9 Å². The highest BCUT2D eigenvalue weighted by Gasteiger charge is 2.19. The van der Waals surface area contributed by atoms with E-state index in [-0.39, 0.29) is 31.1 Å². The minimum absolute atomic E-state index is 0.0942. The minimum Gasteiger partial charge on any atom is -0.462 e. The molecule has 71 heavy (non-hydrogen) atoms. The number of esters is 3. The van der Waals surface area contributed by atoms with Gasteiger partial charge < -0.3 is 14.2 Å². The highest BCUT2D eigenvalue weighted by molar-refractivity contribution is 5.71. The van der Waals surface area contributed by atoms with Gasteiger partial charge in [-0.15, -0.1) is 0 Å². The molecule has 0 aliphatic carbocycles. The first-order chi connectivity index (χ1) is 35.0. The Labute approximate surface area is 439 Å². The van der Waals surface area contributed by atoms with Gasteiger partial charge in [0.15, 0.2) is 6.10 Å². The quantitative estimate of drug-likeness (QED) is 0.0261. The van der Waals surface area contributed by atoms with Crippen molar-refractivity contribution in [1.82, 2.24) is 0 Å². The molecule has 6 heteroatoms. The largest absolute Gasteiger partial charge is 0.462 e. The van der Waals surface area contributed by atoms with Gasteiger partial charge in [0.2, 0.25) is 0 Å². The first kappa shape index (κ1) is 67.6. The molecule has 0 aromatic carbocycles. The van der Waals surface area contributed by atoms with Gasteiger partial charge in [-0.2, -0.15) is 0 Å². The van der Waals surface area contributed by atoms with E-state index < -0.39 is 6.10 Å². The van der Waals surface area contributed by atoms with Crippen LogP contribution in [0, 0.1) is 0 Å². The Kier molecular flexibility index (Phi) is 56.3. The Hall–Kier alpha value is -3.41. The van der Waals surface area contributed by atoms with Crippen molar-refractivity contribution in [2.75, 3.05) is 13.2 Å². The number of hydrogen-bond acceptors (Lipinski definition) is 6. The fourth-order valence-electron chi connectivity index (χ4n) is 8.38. The molecule has 0 aromatic rings. The summed E-state index contributed by atoms with van der Waals surface area (Å²) in [6.45, 7) is 6.49. The van der Waals surface area contributed by atoms with Crippen molar-refractivity contribution in [3.05, 3.63) is 85.1 Å². The summed E-state index contributed by atoms with van der Waals surface area (Å²) in [5.74, 6) is -0.930. The molecule has 0 rings (SSSR count). The average molecular weight is 990 g/mol. The van der Waals surface area contributed by atoms with Gasteiger partial charge in [-0.1, -0.05) is 260 Å². The highest BCUT2D eigenvalue weighted by Crippen LogP contribution is 2.16. The second-order valence-corrected chi connectivity index (χ2v) is 19.9. The summed E-state index contributed by atoms with van der Waals surface area (Å²) < 4.78 is 16.9. The Morgan fingerprint density at radius 1 is 0.296 bits per heavy atom. The van der Waals surface area contributed by atoms with E-state index in [4.69, 9.17) is 14.2 Å². The highest BCUT2D eigenvalue weighted by atomic mass is 16.6. The maximum atomic E-state index is 12.9. The van der Waals surface area contributed by atoms with Crippen LogP contribution in [0.15, 0.2) is 85.1 Å². The number of hydrogen-bond donors (Lipinski definition) is 0. The molecule has 6 nitrogen and oxygen atoms in total. The fourth-order valence-corrected chi connectivity index (χ4v) is 8.38. The molecule has 0 amide bonds. The lowest BCUT2D eigenvalue weighted by atomic mass is 10.0. The summed E-state index contributed by atoms with van der Waals surface area (Å²) in [5.41, 5.74) is 0. The van der Waals surface area contributed by atoms with Gasteiger partial charge in [-0.05, 0) is 96.3 Å². The first-order valence-electron chi connectivity index (χ1n) is 30.1. The van der Waals surface area contributed by atoms with Gasteiger partial charge in [0.05, 0.1) is 0 Å². The van der Waals surface area contributed by atoms with Crippen LogP contribution in [0.1, 0.15) is 290 Å². The predicted octanol–water partition coefficient (Wildman–Crippen LogP) is 20.3. The van der Waals surface area contributed by atoms with Gasteiger partial charge in [0.25, 0.3) is 0 Å². The maximum absolute atomic E-state index is 12.9. The molecule has 0 N–H and O–H groups in total. The molecule has 0 spiro atoms. The predicted molar refractivity (Wildman–Crippen MR) is 307 cm³/mol. The Bertz CT molecular complexity index is 1370. The maximum Gasteiger partial charge on any atom is 0.306 e. The third-order valence-corrected chi connectivity index (χ3v) is 12.9. The molecule has 0 aromatic heterocycles. The molecular weight excluding hydrogens is 877 g/mol. The topological polar surface area (TPSA) is 78.9 Å². The monoisotopic (exact) mass is 989 g/mol. The first-order valence-corrected chi connectivity index (χ1v) is 30.1. The third-order valence-electron chi connectivity index (χ3n) is 12.9. The summed E-state index contributed by atoms with van der Waals surface area (Å²) in [5, 5.41) is 0. The number of allylic oxidation sites excluding steroid dienone is 14. The van der Waals surface area contributed by atoms with Gasteiger partial charge >= 0.3 is 17.9 Å². The Balaban J connectivity index is 4.44. The van der Waals surface area contributed by atoms with E-state index in [0.29, 0.717) is 19.3 Å². The van der Waals surface area contributed by atoms with Crippen molar-refractivity contribution < 1.29 is 28.6 Å². The van der Waals surface area contributed by atoms with Crippen LogP contribution in [0.4, 0.5) is 0 Å². The number of ether oxygens (including phenoxy) is 3. The average Bonchev–Trinajstić information content (AvgIpc) is 3.37. The molecule has 0 fully saturated rings. The van der Waals surface area contributed by atoms with Crippen LogP contribution in [-0.4, -0.2) is 37.2 Å². The van der Waals surface area contributed by atoms with Crippen molar-refractivity contribution in [3.63, 3.8) is 0 Å². The van der Waals surface area contributed by atoms with Crippen molar-refractivity contribution in [2.45, 2.75) is 297 Å². The normalized spacial score (nSPS) is 12.7. The van der Waals surface area contributed by atoms with Crippen molar-refractivity contribution in [3.8, 4) is 0 Å². The van der Waals surface area contributed by atoms with Crippen LogP contribution >= 0.6 is 0 Å². The van der Waals surface area contributed by atoms with Crippen molar-refractivity contribution in [2.24, 2.45) is 0 Å². The molecule has 0 saturated heterocycles. The van der Waals surface area contributed by atoms with Crippen LogP contribution in [-0.2, 0) is 28.6 Å². The SMILES string of the molecule is CC/C=C\C/C=C\C/C=C\CCCCCCCC(=O)OC[C@H](COC(=O)CCCCC/C=C\C/C=C\C/C=C\C/C=C\CCCCC)OC(=O)CCCCCCCCCCCCCCCCCCCCC. The van der Waals surface area contributed by atoms with Gasteiger partial charge in [-0.3, -0.25) is 14.4 Å². The lowest BCUT2D eigenvalue weighted by Crippen LogP contribution is -2.30. The Morgan fingerprint density at radius 2 is 0.549 bits per heavy atom. The summed E-state index contributed by atoms with van der Waals surface area (Å²) in [4.78, 5) is 38.2. The van der Waals surface area contributed by atoms with Crippen LogP contribution in [0.25, 0.3) is 0 Å². The number of unbranched alkanes of at least 4 members (excludes halogenated alkanes) is 29. The number of rotatable bonds is 54. The van der Waals surface area contributed by atoms with E-state index in [1.807, 2.05) is 0 Å². The van der Waals surface area contributed by atoms with E-state index in [9.17, 15) is 14.4 Å². The summed E-state index contributed by atoms with van der Waals surface area (Å²) in [7, 11) is 0. The molecule has 408 valence electrons. The molecule has 0 bridgehead atoms. The number of carbonyl (C=O) groups excluding carboxylic acids is 3. The molecule has 0 saturated carbocycles. The lowest BCUT2D eigenvalue weighted by Gasteiger charge is -2.18. The standard InChI is InChI=1S/C65H112O6/c1-4-7-10-13-16-19-22-25-28-30-32-34-37-40-43-46-49-52-55-58-64(67)70-61-62(60-69-63(66)57-54-51-48-45-42-39-36-27-24-21-18-15-12-9-6-3)71-65(68)59-56-53-50-47-44-41-38-35-33-31-29-26-23-20-17-14-11-8-5-2/h9,12,16,18-19,21,25,27-28,32,34,36,40,43,62H,4-8,10-11,13-15,17,20,22-24,26,29-31,33,35,37-39,41-42,44-61H2,1-3H3/b12-9-,19-16-,21-18-,28-25-,34-32-,36-27-,43-40-/t62-/m1/s1. The van der Waals surface area contributed by atoms with Crippen LogP contribution in [0.3, 0.4) is 0 Å². The van der Waals surface area contributed by atoms with E-state index >= 15 is 0 Å².